The first-order valence-electron chi connectivity index (χ1n) is 7.25. The Balaban J connectivity index is 1.52. The topological polar surface area (TPSA) is 96.9 Å². The minimum absolute atomic E-state index is 0.172. The highest BCUT2D eigenvalue weighted by Crippen LogP contribution is 2.26. The molecule has 0 aliphatic carbocycles. The number of rotatable bonds is 6. The molecule has 0 fully saturated rings. The minimum Gasteiger partial charge on any atom is -0.301 e. The lowest BCUT2D eigenvalue weighted by Crippen LogP contribution is -2.13. The van der Waals surface area contributed by atoms with Crippen LogP contribution in [0.2, 0.25) is 5.02 Å². The van der Waals surface area contributed by atoms with E-state index in [9.17, 15) is 9.59 Å². The Hall–Kier alpha value is -2.01. The van der Waals surface area contributed by atoms with Gasteiger partial charge >= 0.3 is 0 Å². The molecule has 0 aliphatic heterocycles. The number of hydrogen-bond donors (Lipinski definition) is 2. The summed E-state index contributed by atoms with van der Waals surface area (Å²) in [7, 11) is 0. The molecule has 0 atom stereocenters. The van der Waals surface area contributed by atoms with Crippen LogP contribution in [0, 0.1) is 6.92 Å². The predicted octanol–water partition coefficient (Wildman–Crippen LogP) is 3.94. The maximum atomic E-state index is 12.2. The molecule has 1 aromatic carbocycles. The quantitative estimate of drug-likeness (QED) is 0.458. The van der Waals surface area contributed by atoms with E-state index in [0.717, 1.165) is 5.69 Å². The number of carbonyl (C=O) groups excluding carboxylic acids is 2. The van der Waals surface area contributed by atoms with Crippen LogP contribution in [0.15, 0.2) is 34.0 Å². The van der Waals surface area contributed by atoms with Crippen molar-refractivity contribution < 1.29 is 9.59 Å². The van der Waals surface area contributed by atoms with Crippen molar-refractivity contribution in [2.45, 2.75) is 11.3 Å². The van der Waals surface area contributed by atoms with E-state index in [4.69, 9.17) is 11.6 Å². The Bertz CT molecular complexity index is 943. The van der Waals surface area contributed by atoms with E-state index >= 15 is 0 Å². The lowest BCUT2D eigenvalue weighted by molar-refractivity contribution is -0.113. The molecule has 3 rings (SSSR count). The van der Waals surface area contributed by atoms with Gasteiger partial charge in [-0.15, -0.1) is 21.5 Å². The van der Waals surface area contributed by atoms with E-state index in [1.54, 1.807) is 24.3 Å². The van der Waals surface area contributed by atoms with Gasteiger partial charge in [0.25, 0.3) is 5.91 Å². The molecule has 134 valence electrons. The van der Waals surface area contributed by atoms with Crippen LogP contribution in [0.25, 0.3) is 0 Å². The van der Waals surface area contributed by atoms with Crippen LogP contribution in [0.5, 0.6) is 0 Å². The number of carbonyl (C=O) groups is 2. The normalized spacial score (nSPS) is 10.5. The summed E-state index contributed by atoms with van der Waals surface area (Å²) >= 11 is 9.79. The summed E-state index contributed by atoms with van der Waals surface area (Å²) in [5, 5.41) is 16.4. The summed E-state index contributed by atoms with van der Waals surface area (Å²) in [6.07, 6.45) is 0. The summed E-state index contributed by atoms with van der Waals surface area (Å²) in [5.41, 5.74) is 1.22. The van der Waals surface area contributed by atoms with Gasteiger partial charge in [0.05, 0.1) is 22.0 Å². The zero-order valence-electron chi connectivity index (χ0n) is 13.4. The first-order chi connectivity index (χ1) is 12.5. The van der Waals surface area contributed by atoms with E-state index in [0.29, 0.717) is 25.2 Å². The van der Waals surface area contributed by atoms with Gasteiger partial charge in [-0.3, -0.25) is 14.9 Å². The van der Waals surface area contributed by atoms with E-state index in [1.807, 2.05) is 12.3 Å². The summed E-state index contributed by atoms with van der Waals surface area (Å²) in [6.45, 7) is 1.86. The highest BCUT2D eigenvalue weighted by Gasteiger charge is 2.14. The first-order valence-corrected chi connectivity index (χ1v) is 10.3. The van der Waals surface area contributed by atoms with Crippen molar-refractivity contribution in [3.05, 3.63) is 45.9 Å². The average molecular weight is 426 g/mol. The molecule has 7 nitrogen and oxygen atoms in total. The zero-order valence-corrected chi connectivity index (χ0v) is 16.6. The summed E-state index contributed by atoms with van der Waals surface area (Å²) in [4.78, 5) is 28.3. The maximum absolute atomic E-state index is 12.2. The fourth-order valence-electron chi connectivity index (χ4n) is 1.82. The number of aryl methyl sites for hydroxylation is 1. The third-order valence-corrected chi connectivity index (χ3v) is 6.11. The van der Waals surface area contributed by atoms with E-state index in [2.05, 4.69) is 25.8 Å². The Morgan fingerprint density at radius 2 is 2.00 bits per heavy atom. The van der Waals surface area contributed by atoms with Crippen molar-refractivity contribution in [1.29, 1.82) is 0 Å². The number of benzene rings is 1. The molecule has 2 heterocycles. The number of amides is 2. The van der Waals surface area contributed by atoms with Crippen LogP contribution in [0.4, 0.5) is 10.3 Å². The highest BCUT2D eigenvalue weighted by atomic mass is 35.5. The van der Waals surface area contributed by atoms with Crippen molar-refractivity contribution in [2.24, 2.45) is 0 Å². The molecule has 2 amide bonds. The molecule has 0 bridgehead atoms. The number of nitrogens with one attached hydrogen (secondary N) is 2. The molecule has 2 aromatic heterocycles. The van der Waals surface area contributed by atoms with Gasteiger partial charge < -0.3 is 5.32 Å². The molecule has 2 N–H and O–H groups in total. The monoisotopic (exact) mass is 425 g/mol. The summed E-state index contributed by atoms with van der Waals surface area (Å²) < 4.78 is 0.574. The van der Waals surface area contributed by atoms with Gasteiger partial charge in [-0.1, -0.05) is 46.8 Å². The SMILES string of the molecule is Cc1csc(NC(=O)CSc2nnc(NC(=O)c3ccccc3Cl)s2)n1. The minimum atomic E-state index is -0.361. The van der Waals surface area contributed by atoms with Gasteiger partial charge in [0.1, 0.15) is 0 Å². The number of nitrogens with zero attached hydrogens (tertiary/aromatic N) is 3. The van der Waals surface area contributed by atoms with Gasteiger partial charge in [0.2, 0.25) is 11.0 Å². The third kappa shape index (κ3) is 5.01. The lowest BCUT2D eigenvalue weighted by atomic mass is 10.2. The number of aromatic nitrogens is 3. The van der Waals surface area contributed by atoms with Gasteiger partial charge in [-0.05, 0) is 19.1 Å². The number of thioether (sulfide) groups is 1. The Morgan fingerprint density at radius 3 is 2.73 bits per heavy atom. The third-order valence-electron chi connectivity index (χ3n) is 2.94. The Morgan fingerprint density at radius 1 is 1.19 bits per heavy atom. The zero-order chi connectivity index (χ0) is 18.5. The first kappa shape index (κ1) is 18.8. The second kappa shape index (κ2) is 8.58. The van der Waals surface area contributed by atoms with Crippen LogP contribution in [-0.2, 0) is 4.79 Å². The maximum Gasteiger partial charge on any atom is 0.259 e. The van der Waals surface area contributed by atoms with Gasteiger partial charge in [-0.25, -0.2) is 4.98 Å². The van der Waals surface area contributed by atoms with Crippen LogP contribution in [-0.4, -0.2) is 32.7 Å². The lowest BCUT2D eigenvalue weighted by Gasteiger charge is -2.02. The van der Waals surface area contributed by atoms with Crippen LogP contribution >= 0.6 is 46.0 Å². The molecule has 0 aliphatic rings. The van der Waals surface area contributed by atoms with Crippen molar-refractivity contribution in [1.82, 2.24) is 15.2 Å². The molecule has 0 saturated carbocycles. The second-order valence-electron chi connectivity index (χ2n) is 4.94. The van der Waals surface area contributed by atoms with Crippen molar-refractivity contribution >= 4 is 68.1 Å². The Labute approximate surface area is 166 Å². The summed E-state index contributed by atoms with van der Waals surface area (Å²) in [5.74, 6) is -0.368. The average Bonchev–Trinajstić information content (AvgIpc) is 3.22. The van der Waals surface area contributed by atoms with E-state index in [-0.39, 0.29) is 17.6 Å². The van der Waals surface area contributed by atoms with E-state index < -0.39 is 0 Å². The number of thiazole rings is 1. The van der Waals surface area contributed by atoms with Crippen LogP contribution < -0.4 is 10.6 Å². The van der Waals surface area contributed by atoms with Crippen molar-refractivity contribution in [2.75, 3.05) is 16.4 Å². The van der Waals surface area contributed by atoms with Crippen molar-refractivity contribution in [3.63, 3.8) is 0 Å². The van der Waals surface area contributed by atoms with Crippen LogP contribution in [0.1, 0.15) is 16.1 Å². The number of anilines is 2. The highest BCUT2D eigenvalue weighted by molar-refractivity contribution is 8.01. The summed E-state index contributed by atoms with van der Waals surface area (Å²) in [6, 6.07) is 6.74. The second-order valence-corrected chi connectivity index (χ2v) is 8.40. The molecule has 0 unspecified atom stereocenters. The molecule has 26 heavy (non-hydrogen) atoms. The van der Waals surface area contributed by atoms with Gasteiger partial charge in [-0.2, -0.15) is 0 Å². The number of hydrogen-bond acceptors (Lipinski definition) is 8. The molecule has 0 spiro atoms. The molecule has 3 aromatic rings. The van der Waals surface area contributed by atoms with E-state index in [1.165, 1.54) is 34.4 Å². The van der Waals surface area contributed by atoms with Crippen molar-refractivity contribution in [3.8, 4) is 0 Å². The molecule has 0 radical (unpaired) electrons. The molecule has 11 heteroatoms. The predicted molar refractivity (Wildman–Crippen MR) is 106 cm³/mol. The van der Waals surface area contributed by atoms with Gasteiger partial charge in [0.15, 0.2) is 9.47 Å². The smallest absolute Gasteiger partial charge is 0.259 e. The standard InChI is InChI=1S/C15H12ClN5O2S3/c1-8-6-24-13(17-8)18-11(22)7-25-15-21-20-14(26-15)19-12(23)9-4-2-3-5-10(9)16/h2-6H,7H2,1H3,(H,17,18,22)(H,19,20,23). The van der Waals surface area contributed by atoms with Gasteiger partial charge in [0, 0.05) is 5.38 Å². The largest absolute Gasteiger partial charge is 0.301 e. The number of halogens is 1. The fourth-order valence-corrected chi connectivity index (χ4v) is 4.30. The molecule has 0 saturated heterocycles. The fraction of sp³-hybridized carbons (Fsp3) is 0.133. The Kier molecular flexibility index (Phi) is 6.20. The van der Waals surface area contributed by atoms with Crippen LogP contribution in [0.3, 0.4) is 0 Å². The molecular formula is C15H12ClN5O2S3. The molecular weight excluding hydrogens is 414 g/mol.